The van der Waals surface area contributed by atoms with E-state index in [0.717, 1.165) is 12.2 Å². The minimum Gasteiger partial charge on any atom is -0.395 e. The lowest BCUT2D eigenvalue weighted by atomic mass is 10.3. The van der Waals surface area contributed by atoms with E-state index in [2.05, 4.69) is 15.6 Å². The molecule has 1 unspecified atom stereocenters. The molecule has 1 aromatic heterocycles. The van der Waals surface area contributed by atoms with Crippen molar-refractivity contribution in [3.8, 4) is 0 Å². The second-order valence-corrected chi connectivity index (χ2v) is 3.03. The largest absolute Gasteiger partial charge is 0.395 e. The quantitative estimate of drug-likeness (QED) is 0.663. The van der Waals surface area contributed by atoms with Crippen molar-refractivity contribution in [1.82, 2.24) is 20.3 Å². The number of aromatic nitrogens is 3. The van der Waals surface area contributed by atoms with Gasteiger partial charge in [-0.1, -0.05) is 5.21 Å². The zero-order valence-electron chi connectivity index (χ0n) is 8.06. The molecule has 0 aromatic carbocycles. The molecule has 0 saturated carbocycles. The van der Waals surface area contributed by atoms with Gasteiger partial charge in [0.1, 0.15) is 0 Å². The zero-order valence-corrected chi connectivity index (χ0v) is 8.06. The summed E-state index contributed by atoms with van der Waals surface area (Å²) in [7, 11) is 0. The molecule has 0 fully saturated rings. The molecule has 1 rings (SSSR count). The molecule has 0 bridgehead atoms. The van der Waals surface area contributed by atoms with Crippen LogP contribution < -0.4 is 5.32 Å². The third-order valence-corrected chi connectivity index (χ3v) is 1.82. The lowest BCUT2D eigenvalue weighted by molar-refractivity contribution is 0.250. The minimum absolute atomic E-state index is 0.103. The summed E-state index contributed by atoms with van der Waals surface area (Å²) in [6, 6.07) is 0.103. The normalized spacial score (nSPS) is 13.2. The average Bonchev–Trinajstić information content (AvgIpc) is 2.61. The molecule has 74 valence electrons. The molecule has 0 spiro atoms. The molecule has 0 amide bonds. The number of aliphatic hydroxyl groups excluding tert-OH is 1. The van der Waals surface area contributed by atoms with Crippen LogP contribution in [0.2, 0.25) is 0 Å². The lowest BCUT2D eigenvalue weighted by Gasteiger charge is -2.07. The SMILES string of the molecule is CCn1cc(CNC(C)CO)nn1. The van der Waals surface area contributed by atoms with Crippen LogP contribution in [0, 0.1) is 0 Å². The van der Waals surface area contributed by atoms with Crippen molar-refractivity contribution in [2.45, 2.75) is 33.0 Å². The maximum Gasteiger partial charge on any atom is 0.0964 e. The standard InChI is InChI=1S/C8H16N4O/c1-3-12-5-8(10-11-12)4-9-7(2)6-13/h5,7,9,13H,3-4,6H2,1-2H3. The summed E-state index contributed by atoms with van der Waals surface area (Å²) in [5, 5.41) is 19.7. The van der Waals surface area contributed by atoms with Crippen LogP contribution in [0.15, 0.2) is 6.20 Å². The highest BCUT2D eigenvalue weighted by atomic mass is 16.3. The molecule has 0 radical (unpaired) electrons. The van der Waals surface area contributed by atoms with Crippen molar-refractivity contribution in [1.29, 1.82) is 0 Å². The van der Waals surface area contributed by atoms with Crippen LogP contribution in [0.5, 0.6) is 0 Å². The minimum atomic E-state index is 0.103. The third-order valence-electron chi connectivity index (χ3n) is 1.82. The van der Waals surface area contributed by atoms with Crippen molar-refractivity contribution in [2.75, 3.05) is 6.61 Å². The molecular weight excluding hydrogens is 168 g/mol. The molecule has 1 atom stereocenters. The van der Waals surface area contributed by atoms with E-state index in [-0.39, 0.29) is 12.6 Å². The fourth-order valence-electron chi connectivity index (χ4n) is 0.917. The van der Waals surface area contributed by atoms with Gasteiger partial charge in [-0.25, -0.2) is 0 Å². The summed E-state index contributed by atoms with van der Waals surface area (Å²) in [4.78, 5) is 0. The van der Waals surface area contributed by atoms with Gasteiger partial charge in [-0.05, 0) is 13.8 Å². The molecule has 5 heteroatoms. The predicted molar refractivity (Wildman–Crippen MR) is 49.1 cm³/mol. The van der Waals surface area contributed by atoms with E-state index in [4.69, 9.17) is 5.11 Å². The molecule has 5 nitrogen and oxygen atoms in total. The van der Waals surface area contributed by atoms with Crippen LogP contribution in [0.25, 0.3) is 0 Å². The van der Waals surface area contributed by atoms with Gasteiger partial charge in [0.05, 0.1) is 12.3 Å². The first kappa shape index (κ1) is 10.1. The highest BCUT2D eigenvalue weighted by Gasteiger charge is 2.01. The highest BCUT2D eigenvalue weighted by Crippen LogP contribution is 1.93. The number of hydrogen-bond donors (Lipinski definition) is 2. The van der Waals surface area contributed by atoms with Gasteiger partial charge >= 0.3 is 0 Å². The molecule has 13 heavy (non-hydrogen) atoms. The Balaban J connectivity index is 2.36. The molecule has 0 saturated heterocycles. The number of rotatable bonds is 5. The Kier molecular flexibility index (Phi) is 3.85. The van der Waals surface area contributed by atoms with Crippen molar-refractivity contribution < 1.29 is 5.11 Å². The van der Waals surface area contributed by atoms with Gasteiger partial charge in [-0.3, -0.25) is 4.68 Å². The zero-order chi connectivity index (χ0) is 9.68. The van der Waals surface area contributed by atoms with E-state index in [1.807, 2.05) is 20.0 Å². The second kappa shape index (κ2) is 4.94. The summed E-state index contributed by atoms with van der Waals surface area (Å²) >= 11 is 0. The Morgan fingerprint density at radius 3 is 3.00 bits per heavy atom. The van der Waals surface area contributed by atoms with Gasteiger partial charge in [-0.15, -0.1) is 5.10 Å². The Morgan fingerprint density at radius 2 is 2.46 bits per heavy atom. The number of aryl methyl sites for hydroxylation is 1. The number of aliphatic hydroxyl groups is 1. The van der Waals surface area contributed by atoms with E-state index < -0.39 is 0 Å². The van der Waals surface area contributed by atoms with Crippen LogP contribution in [0.4, 0.5) is 0 Å². The molecule has 2 N–H and O–H groups in total. The lowest BCUT2D eigenvalue weighted by Crippen LogP contribution is -2.28. The monoisotopic (exact) mass is 184 g/mol. The molecule has 1 aromatic rings. The van der Waals surface area contributed by atoms with Gasteiger partial charge in [-0.2, -0.15) is 0 Å². The third kappa shape index (κ3) is 3.12. The molecule has 1 heterocycles. The fraction of sp³-hybridized carbons (Fsp3) is 0.750. The van der Waals surface area contributed by atoms with Crippen molar-refractivity contribution >= 4 is 0 Å². The fourth-order valence-corrected chi connectivity index (χ4v) is 0.917. The van der Waals surface area contributed by atoms with Crippen molar-refractivity contribution in [3.63, 3.8) is 0 Å². The molecular formula is C8H16N4O. The van der Waals surface area contributed by atoms with Gasteiger partial charge in [0.25, 0.3) is 0 Å². The molecule has 0 aliphatic rings. The van der Waals surface area contributed by atoms with E-state index in [0.29, 0.717) is 6.54 Å². The van der Waals surface area contributed by atoms with Crippen LogP contribution in [0.1, 0.15) is 19.5 Å². The second-order valence-electron chi connectivity index (χ2n) is 3.03. The summed E-state index contributed by atoms with van der Waals surface area (Å²) in [6.07, 6.45) is 1.90. The van der Waals surface area contributed by atoms with Crippen molar-refractivity contribution in [3.05, 3.63) is 11.9 Å². The molecule has 0 aliphatic heterocycles. The van der Waals surface area contributed by atoms with E-state index in [9.17, 15) is 0 Å². The van der Waals surface area contributed by atoms with Gasteiger partial charge in [0.15, 0.2) is 0 Å². The van der Waals surface area contributed by atoms with Crippen LogP contribution in [0.3, 0.4) is 0 Å². The smallest absolute Gasteiger partial charge is 0.0964 e. The summed E-state index contributed by atoms with van der Waals surface area (Å²) in [5.41, 5.74) is 0.905. The van der Waals surface area contributed by atoms with Crippen LogP contribution in [-0.2, 0) is 13.1 Å². The van der Waals surface area contributed by atoms with Crippen molar-refractivity contribution in [2.24, 2.45) is 0 Å². The highest BCUT2D eigenvalue weighted by molar-refractivity contribution is 4.91. The van der Waals surface area contributed by atoms with E-state index in [1.54, 1.807) is 4.68 Å². The van der Waals surface area contributed by atoms with Crippen LogP contribution >= 0.6 is 0 Å². The Bertz CT molecular complexity index is 248. The Labute approximate surface area is 77.8 Å². The van der Waals surface area contributed by atoms with Gasteiger partial charge in [0.2, 0.25) is 0 Å². The number of nitrogens with zero attached hydrogens (tertiary/aromatic N) is 3. The predicted octanol–water partition coefficient (Wildman–Crippen LogP) is -0.232. The van der Waals surface area contributed by atoms with E-state index in [1.165, 1.54) is 0 Å². The first-order valence-corrected chi connectivity index (χ1v) is 4.49. The Morgan fingerprint density at radius 1 is 1.69 bits per heavy atom. The Hall–Kier alpha value is -0.940. The number of nitrogens with one attached hydrogen (secondary N) is 1. The van der Waals surface area contributed by atoms with E-state index >= 15 is 0 Å². The van der Waals surface area contributed by atoms with Crippen LogP contribution in [-0.4, -0.2) is 32.7 Å². The van der Waals surface area contributed by atoms with Gasteiger partial charge in [0, 0.05) is 25.3 Å². The maximum atomic E-state index is 8.76. The summed E-state index contributed by atoms with van der Waals surface area (Å²) in [6.45, 7) is 5.57. The number of hydrogen-bond acceptors (Lipinski definition) is 4. The first-order chi connectivity index (χ1) is 6.26. The topological polar surface area (TPSA) is 63.0 Å². The maximum absolute atomic E-state index is 8.76. The summed E-state index contributed by atoms with van der Waals surface area (Å²) in [5.74, 6) is 0. The summed E-state index contributed by atoms with van der Waals surface area (Å²) < 4.78 is 1.78. The first-order valence-electron chi connectivity index (χ1n) is 4.49. The molecule has 0 aliphatic carbocycles. The van der Waals surface area contributed by atoms with Gasteiger partial charge < -0.3 is 10.4 Å². The average molecular weight is 184 g/mol.